The second-order valence-electron chi connectivity index (χ2n) is 7.12. The molecule has 1 heterocycles. The lowest BCUT2D eigenvalue weighted by molar-refractivity contribution is 0.256. The number of rotatable bonds is 9. The van der Waals surface area contributed by atoms with Crippen LogP contribution in [0.3, 0.4) is 0 Å². The van der Waals surface area contributed by atoms with E-state index < -0.39 is 0 Å². The Hall–Kier alpha value is -2.11. The van der Waals surface area contributed by atoms with Gasteiger partial charge in [0, 0.05) is 23.1 Å². The number of hydrogen-bond acceptors (Lipinski definition) is 5. The van der Waals surface area contributed by atoms with Crippen LogP contribution in [0, 0.1) is 0 Å². The molecule has 156 valence electrons. The van der Waals surface area contributed by atoms with Gasteiger partial charge in [0.05, 0.1) is 21.3 Å². The standard InChI is InChI=1S/C24H31NO3S/c1-26-22-12-11-20(23(27-2)24(22)28-3)18-29-21-13-16-25(17-14-21)15-7-10-19-8-5-4-6-9-19/h4-12,21H,13-18H2,1-3H3. The van der Waals surface area contributed by atoms with Gasteiger partial charge in [0.2, 0.25) is 5.75 Å². The van der Waals surface area contributed by atoms with Crippen LogP contribution in [0.1, 0.15) is 24.0 Å². The SMILES string of the molecule is COc1ccc(CSC2CCN(CC=Cc3ccccc3)CC2)c(OC)c1OC. The van der Waals surface area contributed by atoms with Crippen molar-refractivity contribution >= 4 is 17.8 Å². The predicted molar refractivity (Wildman–Crippen MR) is 122 cm³/mol. The van der Waals surface area contributed by atoms with E-state index in [2.05, 4.69) is 53.5 Å². The normalized spacial score (nSPS) is 15.6. The van der Waals surface area contributed by atoms with E-state index in [1.54, 1.807) is 21.3 Å². The maximum Gasteiger partial charge on any atom is 0.203 e. The highest BCUT2D eigenvalue weighted by molar-refractivity contribution is 7.99. The van der Waals surface area contributed by atoms with Gasteiger partial charge in [-0.3, -0.25) is 4.90 Å². The van der Waals surface area contributed by atoms with E-state index in [4.69, 9.17) is 14.2 Å². The summed E-state index contributed by atoms with van der Waals surface area (Å²) < 4.78 is 16.5. The van der Waals surface area contributed by atoms with Gasteiger partial charge in [0.25, 0.3) is 0 Å². The minimum absolute atomic E-state index is 0.674. The third-order valence-corrected chi connectivity index (χ3v) is 6.69. The van der Waals surface area contributed by atoms with E-state index in [-0.39, 0.29) is 0 Å². The molecule has 4 nitrogen and oxygen atoms in total. The zero-order valence-corrected chi connectivity index (χ0v) is 18.4. The minimum atomic E-state index is 0.674. The zero-order chi connectivity index (χ0) is 20.5. The van der Waals surface area contributed by atoms with Crippen LogP contribution in [0.5, 0.6) is 17.2 Å². The van der Waals surface area contributed by atoms with E-state index in [1.165, 1.54) is 18.4 Å². The summed E-state index contributed by atoms with van der Waals surface area (Å²) in [5.41, 5.74) is 2.42. The number of methoxy groups -OCH3 is 3. The van der Waals surface area contributed by atoms with Crippen molar-refractivity contribution < 1.29 is 14.2 Å². The molecule has 0 unspecified atom stereocenters. The molecule has 0 aromatic heterocycles. The third-order valence-electron chi connectivity index (χ3n) is 5.27. The lowest BCUT2D eigenvalue weighted by Crippen LogP contribution is -2.34. The summed E-state index contributed by atoms with van der Waals surface area (Å²) in [6, 6.07) is 14.5. The number of likely N-dealkylation sites (tertiary alicyclic amines) is 1. The van der Waals surface area contributed by atoms with Crippen molar-refractivity contribution in [3.05, 3.63) is 59.7 Å². The average molecular weight is 414 g/mol. The van der Waals surface area contributed by atoms with Gasteiger partial charge in [0.15, 0.2) is 11.5 Å². The van der Waals surface area contributed by atoms with Crippen molar-refractivity contribution in [2.45, 2.75) is 23.8 Å². The Morgan fingerprint density at radius 1 is 0.931 bits per heavy atom. The van der Waals surface area contributed by atoms with Crippen LogP contribution in [0.2, 0.25) is 0 Å². The molecule has 1 aliphatic rings. The van der Waals surface area contributed by atoms with Crippen molar-refractivity contribution in [2.75, 3.05) is 41.0 Å². The summed E-state index contributed by atoms with van der Waals surface area (Å²) in [5.74, 6) is 3.08. The molecule has 0 spiro atoms. The number of nitrogens with zero attached hydrogens (tertiary/aromatic N) is 1. The second kappa shape index (κ2) is 11.2. The Balaban J connectivity index is 1.47. The van der Waals surface area contributed by atoms with Crippen molar-refractivity contribution in [3.8, 4) is 17.2 Å². The van der Waals surface area contributed by atoms with Gasteiger partial charge in [-0.25, -0.2) is 0 Å². The van der Waals surface area contributed by atoms with Crippen molar-refractivity contribution in [2.24, 2.45) is 0 Å². The van der Waals surface area contributed by atoms with Crippen LogP contribution in [0.25, 0.3) is 6.08 Å². The molecule has 1 aliphatic heterocycles. The number of benzene rings is 2. The molecular weight excluding hydrogens is 382 g/mol. The van der Waals surface area contributed by atoms with Gasteiger partial charge in [-0.1, -0.05) is 48.6 Å². The molecule has 5 heteroatoms. The highest BCUT2D eigenvalue weighted by Gasteiger charge is 2.21. The number of thioether (sulfide) groups is 1. The molecule has 0 aliphatic carbocycles. The average Bonchev–Trinajstić information content (AvgIpc) is 2.78. The monoisotopic (exact) mass is 413 g/mol. The summed E-state index contributed by atoms with van der Waals surface area (Å²) >= 11 is 2.01. The van der Waals surface area contributed by atoms with Crippen LogP contribution >= 0.6 is 11.8 Å². The van der Waals surface area contributed by atoms with E-state index >= 15 is 0 Å². The Morgan fingerprint density at radius 3 is 2.31 bits per heavy atom. The first-order chi connectivity index (χ1) is 14.2. The Morgan fingerprint density at radius 2 is 1.66 bits per heavy atom. The fourth-order valence-corrected chi connectivity index (χ4v) is 4.83. The van der Waals surface area contributed by atoms with Crippen molar-refractivity contribution in [3.63, 3.8) is 0 Å². The smallest absolute Gasteiger partial charge is 0.203 e. The van der Waals surface area contributed by atoms with E-state index in [0.717, 1.165) is 36.7 Å². The van der Waals surface area contributed by atoms with E-state index in [1.807, 2.05) is 17.8 Å². The van der Waals surface area contributed by atoms with Crippen LogP contribution in [0.15, 0.2) is 48.5 Å². The maximum atomic E-state index is 5.61. The molecule has 29 heavy (non-hydrogen) atoms. The minimum Gasteiger partial charge on any atom is -0.493 e. The highest BCUT2D eigenvalue weighted by atomic mass is 32.2. The van der Waals surface area contributed by atoms with Gasteiger partial charge < -0.3 is 14.2 Å². The fraction of sp³-hybridized carbons (Fsp3) is 0.417. The predicted octanol–water partition coefficient (Wildman–Crippen LogP) is 5.12. The molecule has 2 aromatic rings. The molecule has 0 atom stereocenters. The van der Waals surface area contributed by atoms with E-state index in [9.17, 15) is 0 Å². The molecule has 0 radical (unpaired) electrons. The topological polar surface area (TPSA) is 30.9 Å². The summed E-state index contributed by atoms with van der Waals surface area (Å²) in [6.45, 7) is 3.33. The first-order valence-corrected chi connectivity index (χ1v) is 11.1. The summed E-state index contributed by atoms with van der Waals surface area (Å²) in [5, 5.41) is 0.683. The molecule has 0 amide bonds. The first-order valence-electron chi connectivity index (χ1n) is 10.1. The summed E-state index contributed by atoms with van der Waals surface area (Å²) in [4.78, 5) is 2.54. The molecule has 3 rings (SSSR count). The van der Waals surface area contributed by atoms with Crippen LogP contribution in [-0.4, -0.2) is 51.1 Å². The molecule has 0 saturated carbocycles. The zero-order valence-electron chi connectivity index (χ0n) is 17.6. The molecule has 2 aromatic carbocycles. The Bertz CT molecular complexity index is 786. The lowest BCUT2D eigenvalue weighted by atomic mass is 10.1. The van der Waals surface area contributed by atoms with Crippen molar-refractivity contribution in [1.29, 1.82) is 0 Å². The van der Waals surface area contributed by atoms with Gasteiger partial charge in [-0.2, -0.15) is 11.8 Å². The maximum absolute atomic E-state index is 5.61. The van der Waals surface area contributed by atoms with Gasteiger partial charge in [-0.15, -0.1) is 0 Å². The van der Waals surface area contributed by atoms with E-state index in [0.29, 0.717) is 16.7 Å². The molecular formula is C24H31NO3S. The summed E-state index contributed by atoms with van der Waals surface area (Å²) in [6.07, 6.45) is 6.93. The highest BCUT2D eigenvalue weighted by Crippen LogP contribution is 2.41. The van der Waals surface area contributed by atoms with Crippen LogP contribution in [0.4, 0.5) is 0 Å². The number of hydrogen-bond donors (Lipinski definition) is 0. The fourth-order valence-electron chi connectivity index (χ4n) is 3.65. The van der Waals surface area contributed by atoms with Crippen LogP contribution in [-0.2, 0) is 5.75 Å². The number of ether oxygens (including phenoxy) is 3. The quantitative estimate of drug-likeness (QED) is 0.569. The van der Waals surface area contributed by atoms with Gasteiger partial charge in [0.1, 0.15) is 0 Å². The summed E-state index contributed by atoms with van der Waals surface area (Å²) in [7, 11) is 4.99. The lowest BCUT2D eigenvalue weighted by Gasteiger charge is -2.31. The van der Waals surface area contributed by atoms with Crippen LogP contribution < -0.4 is 14.2 Å². The molecule has 0 bridgehead atoms. The third kappa shape index (κ3) is 5.94. The molecule has 1 fully saturated rings. The van der Waals surface area contributed by atoms with Crippen molar-refractivity contribution in [1.82, 2.24) is 4.90 Å². The second-order valence-corrected chi connectivity index (χ2v) is 8.41. The largest absolute Gasteiger partial charge is 0.493 e. The number of piperidine rings is 1. The molecule has 1 saturated heterocycles. The van der Waals surface area contributed by atoms with Gasteiger partial charge in [-0.05, 0) is 37.6 Å². The first kappa shape index (κ1) is 21.6. The Labute approximate surface area is 178 Å². The Kier molecular flexibility index (Phi) is 8.32. The molecule has 0 N–H and O–H groups in total. The van der Waals surface area contributed by atoms with Gasteiger partial charge >= 0.3 is 0 Å².